The molecule has 1 heterocycles. The van der Waals surface area contributed by atoms with Gasteiger partial charge in [0.05, 0.1) is 16.8 Å². The third-order valence-corrected chi connectivity index (χ3v) is 3.90. The van der Waals surface area contributed by atoms with Crippen LogP contribution in [0.15, 0.2) is 28.1 Å². The van der Waals surface area contributed by atoms with Crippen molar-refractivity contribution in [3.8, 4) is 0 Å². The Balaban J connectivity index is 2.00. The maximum Gasteiger partial charge on any atom is 0.127 e. The second-order valence-corrected chi connectivity index (χ2v) is 6.13. The number of hydrogen-bond donors (Lipinski definition) is 1. The van der Waals surface area contributed by atoms with E-state index in [9.17, 15) is 9.50 Å². The predicted octanol–water partition coefficient (Wildman–Crippen LogP) is 3.50. The largest absolute Gasteiger partial charge is 0.392 e. The van der Waals surface area contributed by atoms with Crippen LogP contribution in [0, 0.1) is 12.7 Å². The van der Waals surface area contributed by atoms with Gasteiger partial charge in [-0.05, 0) is 24.6 Å². The lowest BCUT2D eigenvalue weighted by atomic mass is 10.0. The molecule has 0 fully saturated rings. The van der Waals surface area contributed by atoms with Gasteiger partial charge in [0, 0.05) is 22.7 Å². The Hall–Kier alpha value is -0.780. The molecule has 2 rings (SSSR count). The molecule has 0 spiro atoms. The van der Waals surface area contributed by atoms with Crippen molar-refractivity contribution < 1.29 is 9.50 Å². The number of benzene rings is 1. The first-order valence-electron chi connectivity index (χ1n) is 5.57. The number of halogens is 2. The Kier molecular flexibility index (Phi) is 4.48. The van der Waals surface area contributed by atoms with Gasteiger partial charge in [0.2, 0.25) is 0 Å². The fraction of sp³-hybridized carbons (Fsp3) is 0.308. The second-order valence-electron chi connectivity index (χ2n) is 4.16. The van der Waals surface area contributed by atoms with E-state index < -0.39 is 6.10 Å². The van der Waals surface area contributed by atoms with Crippen molar-refractivity contribution >= 4 is 27.3 Å². The Morgan fingerprint density at radius 2 is 2.22 bits per heavy atom. The molecule has 0 bridgehead atoms. The fourth-order valence-electron chi connectivity index (χ4n) is 1.76. The molecule has 1 unspecified atom stereocenters. The zero-order valence-electron chi connectivity index (χ0n) is 9.86. The third kappa shape index (κ3) is 3.60. The highest BCUT2D eigenvalue weighted by molar-refractivity contribution is 9.10. The molecule has 1 N–H and O–H groups in total. The Morgan fingerprint density at radius 3 is 2.83 bits per heavy atom. The molecule has 2 nitrogen and oxygen atoms in total. The zero-order chi connectivity index (χ0) is 13.1. The number of nitrogens with zero attached hydrogens (tertiary/aromatic N) is 1. The van der Waals surface area contributed by atoms with Gasteiger partial charge in [0.15, 0.2) is 0 Å². The van der Waals surface area contributed by atoms with Gasteiger partial charge in [-0.25, -0.2) is 9.37 Å². The van der Waals surface area contributed by atoms with Crippen LogP contribution in [0.2, 0.25) is 0 Å². The summed E-state index contributed by atoms with van der Waals surface area (Å²) in [5.41, 5.74) is 1.39. The number of aliphatic hydroxyl groups is 1. The van der Waals surface area contributed by atoms with Gasteiger partial charge in [-0.3, -0.25) is 0 Å². The van der Waals surface area contributed by atoms with Gasteiger partial charge in [0.1, 0.15) is 5.82 Å². The highest BCUT2D eigenvalue weighted by Gasteiger charge is 2.12. The van der Waals surface area contributed by atoms with Crippen LogP contribution in [-0.2, 0) is 12.8 Å². The molecule has 0 amide bonds. The molecule has 2 aromatic rings. The molecule has 1 atom stereocenters. The molecule has 0 aliphatic carbocycles. The molecular weight excluding hydrogens is 317 g/mol. The number of hydrogen-bond acceptors (Lipinski definition) is 3. The second kappa shape index (κ2) is 5.91. The van der Waals surface area contributed by atoms with E-state index in [2.05, 4.69) is 20.9 Å². The van der Waals surface area contributed by atoms with Crippen LogP contribution in [0.4, 0.5) is 4.39 Å². The molecule has 96 valence electrons. The van der Waals surface area contributed by atoms with Crippen LogP contribution >= 0.6 is 27.3 Å². The summed E-state index contributed by atoms with van der Waals surface area (Å²) in [5, 5.41) is 12.9. The molecule has 1 aromatic carbocycles. The topological polar surface area (TPSA) is 33.1 Å². The van der Waals surface area contributed by atoms with Crippen molar-refractivity contribution in [1.29, 1.82) is 0 Å². The normalized spacial score (nSPS) is 12.7. The van der Waals surface area contributed by atoms with Crippen molar-refractivity contribution in [1.82, 2.24) is 4.98 Å². The lowest BCUT2D eigenvalue weighted by Gasteiger charge is -2.10. The minimum atomic E-state index is -0.609. The summed E-state index contributed by atoms with van der Waals surface area (Å²) in [7, 11) is 0. The molecule has 1 aromatic heterocycles. The quantitative estimate of drug-likeness (QED) is 0.931. The average molecular weight is 330 g/mol. The Morgan fingerprint density at radius 1 is 1.44 bits per heavy atom. The summed E-state index contributed by atoms with van der Waals surface area (Å²) in [4.78, 5) is 4.29. The van der Waals surface area contributed by atoms with E-state index in [1.807, 2.05) is 12.3 Å². The van der Waals surface area contributed by atoms with Crippen molar-refractivity contribution in [2.45, 2.75) is 25.9 Å². The van der Waals surface area contributed by atoms with Gasteiger partial charge >= 0.3 is 0 Å². The first kappa shape index (κ1) is 13.6. The van der Waals surface area contributed by atoms with E-state index in [1.165, 1.54) is 6.07 Å². The lowest BCUT2D eigenvalue weighted by molar-refractivity contribution is 0.173. The summed E-state index contributed by atoms with van der Waals surface area (Å²) < 4.78 is 14.3. The first-order chi connectivity index (χ1) is 8.54. The maximum absolute atomic E-state index is 13.6. The summed E-state index contributed by atoms with van der Waals surface area (Å²) in [6.45, 7) is 1.93. The van der Waals surface area contributed by atoms with Crippen LogP contribution in [0.25, 0.3) is 0 Å². The summed E-state index contributed by atoms with van der Waals surface area (Å²) in [5.74, 6) is -0.294. The summed E-state index contributed by atoms with van der Waals surface area (Å²) in [6.07, 6.45) is 0.150. The van der Waals surface area contributed by atoms with Crippen molar-refractivity contribution in [2.75, 3.05) is 0 Å². The molecule has 18 heavy (non-hydrogen) atoms. The number of aliphatic hydroxyl groups excluding tert-OH is 1. The maximum atomic E-state index is 13.6. The van der Waals surface area contributed by atoms with E-state index in [1.54, 1.807) is 23.5 Å². The van der Waals surface area contributed by atoms with Gasteiger partial charge in [-0.15, -0.1) is 11.3 Å². The van der Waals surface area contributed by atoms with E-state index >= 15 is 0 Å². The van der Waals surface area contributed by atoms with Crippen LogP contribution < -0.4 is 0 Å². The molecular formula is C13H13BrFNOS. The minimum absolute atomic E-state index is 0.294. The smallest absolute Gasteiger partial charge is 0.127 e. The third-order valence-electron chi connectivity index (χ3n) is 2.58. The highest BCUT2D eigenvalue weighted by atomic mass is 79.9. The van der Waals surface area contributed by atoms with E-state index in [4.69, 9.17) is 0 Å². The number of thiazole rings is 1. The highest BCUT2D eigenvalue weighted by Crippen LogP contribution is 2.18. The van der Waals surface area contributed by atoms with Crippen LogP contribution in [0.3, 0.4) is 0 Å². The Bertz CT molecular complexity index is 544. The number of aromatic nitrogens is 1. The number of aryl methyl sites for hydroxylation is 1. The summed E-state index contributed by atoms with van der Waals surface area (Å²) in [6, 6.07) is 4.88. The van der Waals surface area contributed by atoms with Crippen molar-refractivity contribution in [3.63, 3.8) is 0 Å². The van der Waals surface area contributed by atoms with Crippen molar-refractivity contribution in [3.05, 3.63) is 50.1 Å². The fourth-order valence-corrected chi connectivity index (χ4v) is 2.72. The molecule has 0 radical (unpaired) electrons. The molecule has 0 saturated heterocycles. The van der Waals surface area contributed by atoms with Crippen LogP contribution in [0.1, 0.15) is 16.3 Å². The number of rotatable bonds is 4. The van der Waals surface area contributed by atoms with E-state index in [-0.39, 0.29) is 5.82 Å². The minimum Gasteiger partial charge on any atom is -0.392 e. The summed E-state index contributed by atoms with van der Waals surface area (Å²) >= 11 is 4.76. The van der Waals surface area contributed by atoms with Crippen molar-refractivity contribution in [2.24, 2.45) is 0 Å². The van der Waals surface area contributed by atoms with Gasteiger partial charge < -0.3 is 5.11 Å². The zero-order valence-corrected chi connectivity index (χ0v) is 12.3. The molecule has 0 aliphatic rings. The SMILES string of the molecule is Cc1nc(CC(O)Cc2ccc(Br)cc2F)cs1. The standard InChI is InChI=1S/C13H13BrFNOS/c1-8-16-11(7-18-8)6-12(17)4-9-2-3-10(14)5-13(9)15/h2-3,5,7,12,17H,4,6H2,1H3. The average Bonchev–Trinajstić information content (AvgIpc) is 2.68. The first-order valence-corrected chi connectivity index (χ1v) is 7.25. The Labute approximate surface area is 118 Å². The molecule has 0 saturated carbocycles. The van der Waals surface area contributed by atoms with Crippen LogP contribution in [-0.4, -0.2) is 16.2 Å². The molecule has 5 heteroatoms. The monoisotopic (exact) mass is 329 g/mol. The van der Waals surface area contributed by atoms with E-state index in [0.717, 1.165) is 10.7 Å². The van der Waals surface area contributed by atoms with Gasteiger partial charge in [0.25, 0.3) is 0 Å². The lowest BCUT2D eigenvalue weighted by Crippen LogP contribution is -2.15. The predicted molar refractivity (Wildman–Crippen MR) is 74.4 cm³/mol. The van der Waals surface area contributed by atoms with Gasteiger partial charge in [-0.1, -0.05) is 22.0 Å². The molecule has 0 aliphatic heterocycles. The van der Waals surface area contributed by atoms with Gasteiger partial charge in [-0.2, -0.15) is 0 Å². The van der Waals surface area contributed by atoms with Crippen LogP contribution in [0.5, 0.6) is 0 Å². The van der Waals surface area contributed by atoms with E-state index in [0.29, 0.717) is 22.9 Å².